The van der Waals surface area contributed by atoms with Crippen LogP contribution in [0.4, 0.5) is 0 Å². The van der Waals surface area contributed by atoms with Crippen LogP contribution in [0.2, 0.25) is 0 Å². The number of nitrogens with zero attached hydrogens (tertiary/aromatic N) is 4. The number of likely N-dealkylation sites (N-methyl/N-ethyl adjacent to an activating group) is 1. The zero-order valence-corrected chi connectivity index (χ0v) is 15.5. The Bertz CT molecular complexity index is 552. The molecule has 130 valence electrons. The molecule has 1 saturated carbocycles. The van der Waals surface area contributed by atoms with Gasteiger partial charge in [-0.15, -0.1) is 0 Å². The summed E-state index contributed by atoms with van der Waals surface area (Å²) in [6, 6.07) is 0. The highest BCUT2D eigenvalue weighted by Crippen LogP contribution is 2.33. The van der Waals surface area contributed by atoms with E-state index in [1.165, 1.54) is 36.9 Å². The molecule has 0 aromatic carbocycles. The monoisotopic (exact) mass is 320 g/mol. The second kappa shape index (κ2) is 7.34. The third-order valence-electron chi connectivity index (χ3n) is 5.38. The summed E-state index contributed by atoms with van der Waals surface area (Å²) in [6.07, 6.45) is 5.15. The Labute approximate surface area is 140 Å². The van der Waals surface area contributed by atoms with Crippen molar-refractivity contribution in [2.75, 3.05) is 27.7 Å². The number of aliphatic imine (C=N–C) groups is 1. The summed E-state index contributed by atoms with van der Waals surface area (Å²) in [5, 5.41) is 11.4. The Balaban J connectivity index is 1.93. The molecular weight excluding hydrogens is 288 g/mol. The summed E-state index contributed by atoms with van der Waals surface area (Å²) in [5.41, 5.74) is 3.79. The molecule has 0 saturated heterocycles. The maximum absolute atomic E-state index is 4.47. The fourth-order valence-electron chi connectivity index (χ4n) is 3.53. The van der Waals surface area contributed by atoms with Crippen molar-refractivity contribution in [1.29, 1.82) is 0 Å². The van der Waals surface area contributed by atoms with Gasteiger partial charge in [-0.1, -0.05) is 12.8 Å². The van der Waals surface area contributed by atoms with Crippen molar-refractivity contribution in [3.63, 3.8) is 0 Å². The summed E-state index contributed by atoms with van der Waals surface area (Å²) in [7, 11) is 8.19. The van der Waals surface area contributed by atoms with Crippen LogP contribution in [0.15, 0.2) is 4.99 Å². The summed E-state index contributed by atoms with van der Waals surface area (Å²) in [6.45, 7) is 5.84. The first-order chi connectivity index (χ1) is 10.9. The Morgan fingerprint density at radius 1 is 1.26 bits per heavy atom. The number of guanidine groups is 1. The van der Waals surface area contributed by atoms with Gasteiger partial charge in [0.1, 0.15) is 0 Å². The van der Waals surface area contributed by atoms with Gasteiger partial charge >= 0.3 is 0 Å². The predicted molar refractivity (Wildman–Crippen MR) is 95.8 cm³/mol. The first-order valence-electron chi connectivity index (χ1n) is 8.50. The average molecular weight is 320 g/mol. The van der Waals surface area contributed by atoms with Gasteiger partial charge in [-0.05, 0) is 40.8 Å². The van der Waals surface area contributed by atoms with Gasteiger partial charge in [-0.3, -0.25) is 9.67 Å². The Morgan fingerprint density at radius 3 is 2.39 bits per heavy atom. The zero-order valence-electron chi connectivity index (χ0n) is 15.5. The lowest BCUT2D eigenvalue weighted by molar-refractivity contribution is 0.160. The molecule has 6 heteroatoms. The van der Waals surface area contributed by atoms with Crippen LogP contribution in [0, 0.1) is 13.8 Å². The lowest BCUT2D eigenvalue weighted by atomic mass is 9.96. The van der Waals surface area contributed by atoms with Gasteiger partial charge in [0, 0.05) is 44.0 Å². The smallest absolute Gasteiger partial charge is 0.191 e. The van der Waals surface area contributed by atoms with Crippen LogP contribution in [0.1, 0.15) is 42.6 Å². The maximum atomic E-state index is 4.47. The lowest BCUT2D eigenvalue weighted by Crippen LogP contribution is -2.52. The van der Waals surface area contributed by atoms with Crippen LogP contribution in [-0.2, 0) is 13.6 Å². The van der Waals surface area contributed by atoms with Crippen LogP contribution < -0.4 is 10.6 Å². The van der Waals surface area contributed by atoms with Gasteiger partial charge in [-0.2, -0.15) is 5.10 Å². The Morgan fingerprint density at radius 2 is 1.91 bits per heavy atom. The minimum Gasteiger partial charge on any atom is -0.355 e. The molecule has 1 heterocycles. The number of aryl methyl sites for hydroxylation is 2. The van der Waals surface area contributed by atoms with E-state index >= 15 is 0 Å². The highest BCUT2D eigenvalue weighted by atomic mass is 15.3. The Kier molecular flexibility index (Phi) is 5.68. The van der Waals surface area contributed by atoms with Crippen LogP contribution in [0.25, 0.3) is 0 Å². The van der Waals surface area contributed by atoms with E-state index in [0.717, 1.165) is 24.7 Å². The van der Waals surface area contributed by atoms with Crippen molar-refractivity contribution >= 4 is 5.96 Å². The first-order valence-corrected chi connectivity index (χ1v) is 8.50. The van der Waals surface area contributed by atoms with Gasteiger partial charge in [0.2, 0.25) is 0 Å². The van der Waals surface area contributed by atoms with E-state index in [2.05, 4.69) is 53.6 Å². The largest absolute Gasteiger partial charge is 0.355 e. The van der Waals surface area contributed by atoms with Crippen molar-refractivity contribution in [2.24, 2.45) is 12.0 Å². The molecule has 6 nitrogen and oxygen atoms in total. The molecule has 1 aromatic rings. The van der Waals surface area contributed by atoms with Crippen LogP contribution in [0.5, 0.6) is 0 Å². The highest BCUT2D eigenvalue weighted by Gasteiger charge is 2.35. The van der Waals surface area contributed by atoms with E-state index in [-0.39, 0.29) is 5.54 Å². The number of hydrogen-bond acceptors (Lipinski definition) is 3. The van der Waals surface area contributed by atoms with Gasteiger partial charge in [0.15, 0.2) is 5.96 Å². The minimum atomic E-state index is 0.262. The van der Waals surface area contributed by atoms with Gasteiger partial charge in [-0.25, -0.2) is 0 Å². The molecule has 0 bridgehead atoms. The molecule has 0 atom stereocenters. The maximum Gasteiger partial charge on any atom is 0.191 e. The van der Waals surface area contributed by atoms with Crippen molar-refractivity contribution < 1.29 is 0 Å². The third kappa shape index (κ3) is 3.86. The van der Waals surface area contributed by atoms with Crippen LogP contribution in [0.3, 0.4) is 0 Å². The van der Waals surface area contributed by atoms with E-state index in [1.54, 1.807) is 0 Å². The van der Waals surface area contributed by atoms with Gasteiger partial charge in [0.05, 0.1) is 5.69 Å². The predicted octanol–water partition coefficient (Wildman–Crippen LogP) is 1.58. The summed E-state index contributed by atoms with van der Waals surface area (Å²) in [4.78, 5) is 6.74. The molecule has 0 unspecified atom stereocenters. The van der Waals surface area contributed by atoms with E-state index in [4.69, 9.17) is 0 Å². The third-order valence-corrected chi connectivity index (χ3v) is 5.38. The summed E-state index contributed by atoms with van der Waals surface area (Å²) >= 11 is 0. The topological polar surface area (TPSA) is 57.5 Å². The fraction of sp³-hybridized carbons (Fsp3) is 0.765. The molecular formula is C17H32N6. The molecule has 0 amide bonds. The van der Waals surface area contributed by atoms with Gasteiger partial charge < -0.3 is 15.5 Å². The van der Waals surface area contributed by atoms with Crippen LogP contribution >= 0.6 is 0 Å². The molecule has 2 rings (SSSR count). The van der Waals surface area contributed by atoms with Crippen molar-refractivity contribution in [1.82, 2.24) is 25.3 Å². The van der Waals surface area contributed by atoms with E-state index in [9.17, 15) is 0 Å². The molecule has 23 heavy (non-hydrogen) atoms. The van der Waals surface area contributed by atoms with Crippen molar-refractivity contribution in [2.45, 2.75) is 51.6 Å². The summed E-state index contributed by atoms with van der Waals surface area (Å²) < 4.78 is 1.93. The van der Waals surface area contributed by atoms with Crippen LogP contribution in [-0.4, -0.2) is 53.9 Å². The molecule has 0 radical (unpaired) electrons. The molecule has 0 spiro atoms. The number of rotatable bonds is 5. The quantitative estimate of drug-likeness (QED) is 0.639. The second-order valence-electron chi connectivity index (χ2n) is 6.88. The van der Waals surface area contributed by atoms with E-state index < -0.39 is 0 Å². The van der Waals surface area contributed by atoms with E-state index in [1.807, 2.05) is 18.8 Å². The number of hydrogen-bond donors (Lipinski definition) is 2. The normalized spacial score (nSPS) is 17.8. The molecule has 1 fully saturated rings. The average Bonchev–Trinajstić information content (AvgIpc) is 3.08. The standard InChI is InChI=1S/C17H32N6/c1-13-15(14(2)23(6)21-13)11-19-16(18-3)20-12-17(22(4)5)9-7-8-10-17/h7-12H2,1-6H3,(H2,18,19,20). The number of nitrogens with one attached hydrogen (secondary N) is 2. The molecule has 1 aliphatic rings. The first kappa shape index (κ1) is 17.8. The SMILES string of the molecule is CN=C(NCc1c(C)nn(C)c1C)NCC1(N(C)C)CCCC1. The fourth-order valence-corrected chi connectivity index (χ4v) is 3.53. The molecule has 2 N–H and O–H groups in total. The summed E-state index contributed by atoms with van der Waals surface area (Å²) in [5.74, 6) is 0.862. The lowest BCUT2D eigenvalue weighted by Gasteiger charge is -2.37. The minimum absolute atomic E-state index is 0.262. The van der Waals surface area contributed by atoms with Crippen molar-refractivity contribution in [3.05, 3.63) is 17.0 Å². The zero-order chi connectivity index (χ0) is 17.0. The highest BCUT2D eigenvalue weighted by molar-refractivity contribution is 5.79. The molecule has 0 aliphatic heterocycles. The van der Waals surface area contributed by atoms with Crippen molar-refractivity contribution in [3.8, 4) is 0 Å². The Hall–Kier alpha value is -1.56. The second-order valence-corrected chi connectivity index (χ2v) is 6.88. The van der Waals surface area contributed by atoms with Gasteiger partial charge in [0.25, 0.3) is 0 Å². The number of aromatic nitrogens is 2. The molecule has 1 aliphatic carbocycles. The van der Waals surface area contributed by atoms with E-state index in [0.29, 0.717) is 0 Å². The molecule has 1 aromatic heterocycles.